The van der Waals surface area contributed by atoms with Gasteiger partial charge in [0, 0.05) is 0 Å². The summed E-state index contributed by atoms with van der Waals surface area (Å²) in [6.07, 6.45) is 9.35. The van der Waals surface area contributed by atoms with Crippen molar-refractivity contribution in [2.45, 2.75) is 72.1 Å². The number of ketones is 1. The number of Topliss-reactive ketones (excluding diaryl/α,β-unsaturated/α-hetero) is 1. The molecule has 0 N–H and O–H groups in total. The Morgan fingerprint density at radius 3 is 2.04 bits per heavy atom. The van der Waals surface area contributed by atoms with E-state index in [0.29, 0.717) is 24.5 Å². The maximum absolute atomic E-state index is 11.8. The van der Waals surface area contributed by atoms with Crippen LogP contribution in [0.25, 0.3) is 0 Å². The van der Waals surface area contributed by atoms with Crippen LogP contribution in [0.15, 0.2) is 18.2 Å². The van der Waals surface area contributed by atoms with Crippen LogP contribution in [0.2, 0.25) is 0 Å². The fourth-order valence-electron chi connectivity index (χ4n) is 2.43. The third-order valence-electron chi connectivity index (χ3n) is 3.85. The first kappa shape index (κ1) is 19.5. The van der Waals surface area contributed by atoms with E-state index in [1.165, 1.54) is 38.5 Å². The molecule has 0 aliphatic rings. The molecule has 1 rings (SSSR count). The Morgan fingerprint density at radius 1 is 0.870 bits per heavy atom. The first-order chi connectivity index (χ1) is 11.2. The van der Waals surface area contributed by atoms with Crippen molar-refractivity contribution in [3.8, 4) is 11.5 Å². The van der Waals surface area contributed by atoms with Gasteiger partial charge in [0.15, 0.2) is 5.78 Å². The zero-order valence-corrected chi connectivity index (χ0v) is 15.0. The van der Waals surface area contributed by atoms with E-state index in [4.69, 9.17) is 9.47 Å². The van der Waals surface area contributed by atoms with E-state index >= 15 is 0 Å². The van der Waals surface area contributed by atoms with Crippen LogP contribution < -0.4 is 9.47 Å². The normalized spacial score (nSPS) is 10.6. The lowest BCUT2D eigenvalue weighted by atomic mass is 10.1. The molecule has 0 spiro atoms. The monoisotopic (exact) mass is 320 g/mol. The van der Waals surface area contributed by atoms with Crippen molar-refractivity contribution in [2.24, 2.45) is 0 Å². The molecular weight excluding hydrogens is 288 g/mol. The maximum Gasteiger partial charge on any atom is 0.163 e. The molecule has 3 heteroatoms. The molecule has 130 valence electrons. The molecule has 0 amide bonds. The predicted molar refractivity (Wildman–Crippen MR) is 95.7 cm³/mol. The van der Waals surface area contributed by atoms with Crippen LogP contribution in [0.3, 0.4) is 0 Å². The van der Waals surface area contributed by atoms with Crippen LogP contribution in [-0.4, -0.2) is 19.0 Å². The van der Waals surface area contributed by atoms with Crippen LogP contribution in [0.1, 0.15) is 82.5 Å². The average molecular weight is 320 g/mol. The van der Waals surface area contributed by atoms with Crippen molar-refractivity contribution in [3.63, 3.8) is 0 Å². The van der Waals surface area contributed by atoms with E-state index < -0.39 is 0 Å². The van der Waals surface area contributed by atoms with Gasteiger partial charge >= 0.3 is 0 Å². The van der Waals surface area contributed by atoms with Gasteiger partial charge in [-0.25, -0.2) is 0 Å². The Kier molecular flexibility index (Phi) is 10.2. The summed E-state index contributed by atoms with van der Waals surface area (Å²) in [5.74, 6) is 1.45. The highest BCUT2D eigenvalue weighted by atomic mass is 16.5. The minimum Gasteiger partial charge on any atom is -0.494 e. The van der Waals surface area contributed by atoms with E-state index in [0.717, 1.165) is 18.6 Å². The van der Waals surface area contributed by atoms with Crippen LogP contribution >= 0.6 is 0 Å². The third-order valence-corrected chi connectivity index (χ3v) is 3.85. The van der Waals surface area contributed by atoms with Gasteiger partial charge in [-0.1, -0.05) is 52.4 Å². The summed E-state index contributed by atoms with van der Waals surface area (Å²) in [6.45, 7) is 7.33. The molecule has 0 radical (unpaired) electrons. The first-order valence-corrected chi connectivity index (χ1v) is 9.09. The third kappa shape index (κ3) is 8.06. The Bertz CT molecular complexity index is 454. The SMILES string of the molecule is CCCCCCOc1ccc(OCCCCCC)c(C(C)=O)c1. The highest BCUT2D eigenvalue weighted by Crippen LogP contribution is 2.25. The van der Waals surface area contributed by atoms with Crippen molar-refractivity contribution >= 4 is 5.78 Å². The Morgan fingerprint density at radius 2 is 1.48 bits per heavy atom. The number of rotatable bonds is 13. The fourth-order valence-corrected chi connectivity index (χ4v) is 2.43. The Labute approximate surface area is 141 Å². The van der Waals surface area contributed by atoms with Crippen LogP contribution in [0.5, 0.6) is 11.5 Å². The fraction of sp³-hybridized carbons (Fsp3) is 0.650. The number of benzene rings is 1. The molecule has 0 unspecified atom stereocenters. The van der Waals surface area contributed by atoms with Gasteiger partial charge in [0.25, 0.3) is 0 Å². The van der Waals surface area contributed by atoms with Gasteiger partial charge in [0.2, 0.25) is 0 Å². The quantitative estimate of drug-likeness (QED) is 0.340. The van der Waals surface area contributed by atoms with Gasteiger partial charge in [-0.15, -0.1) is 0 Å². The van der Waals surface area contributed by atoms with Crippen LogP contribution in [0, 0.1) is 0 Å². The summed E-state index contributed by atoms with van der Waals surface area (Å²) in [5.41, 5.74) is 0.617. The summed E-state index contributed by atoms with van der Waals surface area (Å²) in [5, 5.41) is 0. The van der Waals surface area contributed by atoms with Gasteiger partial charge < -0.3 is 9.47 Å². The molecule has 0 atom stereocenters. The van der Waals surface area contributed by atoms with Gasteiger partial charge in [-0.2, -0.15) is 0 Å². The van der Waals surface area contributed by atoms with Crippen LogP contribution in [-0.2, 0) is 0 Å². The molecule has 1 aromatic rings. The van der Waals surface area contributed by atoms with E-state index in [9.17, 15) is 4.79 Å². The second-order valence-corrected chi connectivity index (χ2v) is 6.03. The van der Waals surface area contributed by atoms with Crippen molar-refractivity contribution in [3.05, 3.63) is 23.8 Å². The minimum absolute atomic E-state index is 0.0185. The molecular formula is C20H32O3. The number of carbonyl (C=O) groups excluding carboxylic acids is 1. The second kappa shape index (κ2) is 12.0. The van der Waals surface area contributed by atoms with Crippen molar-refractivity contribution < 1.29 is 14.3 Å². The molecule has 0 fully saturated rings. The second-order valence-electron chi connectivity index (χ2n) is 6.03. The van der Waals surface area contributed by atoms with Crippen molar-refractivity contribution in [1.29, 1.82) is 0 Å². The molecule has 0 bridgehead atoms. The van der Waals surface area contributed by atoms with Gasteiger partial charge in [0.1, 0.15) is 11.5 Å². The smallest absolute Gasteiger partial charge is 0.163 e. The van der Waals surface area contributed by atoms with Crippen molar-refractivity contribution in [2.75, 3.05) is 13.2 Å². The zero-order chi connectivity index (χ0) is 16.9. The summed E-state index contributed by atoms with van der Waals surface area (Å²) >= 11 is 0. The molecule has 0 saturated heterocycles. The summed E-state index contributed by atoms with van der Waals surface area (Å²) in [7, 11) is 0. The van der Waals surface area contributed by atoms with E-state index in [1.54, 1.807) is 6.92 Å². The highest BCUT2D eigenvalue weighted by Gasteiger charge is 2.10. The van der Waals surface area contributed by atoms with Crippen LogP contribution in [0.4, 0.5) is 0 Å². The van der Waals surface area contributed by atoms with E-state index in [1.807, 2.05) is 18.2 Å². The summed E-state index contributed by atoms with van der Waals surface area (Å²) < 4.78 is 11.5. The molecule has 23 heavy (non-hydrogen) atoms. The molecule has 0 aliphatic carbocycles. The first-order valence-electron chi connectivity index (χ1n) is 9.09. The summed E-state index contributed by atoms with van der Waals surface area (Å²) in [4.78, 5) is 11.8. The maximum atomic E-state index is 11.8. The van der Waals surface area contributed by atoms with E-state index in [2.05, 4.69) is 13.8 Å². The number of ether oxygens (including phenoxy) is 2. The Hall–Kier alpha value is -1.51. The number of carbonyl (C=O) groups is 1. The standard InChI is InChI=1S/C20H32O3/c1-4-6-8-10-14-22-18-12-13-20(19(16-18)17(3)21)23-15-11-9-7-5-2/h12-13,16H,4-11,14-15H2,1-3H3. The molecule has 1 aromatic carbocycles. The average Bonchev–Trinajstić information content (AvgIpc) is 2.55. The lowest BCUT2D eigenvalue weighted by molar-refractivity contribution is 0.101. The number of hydrogen-bond donors (Lipinski definition) is 0. The van der Waals surface area contributed by atoms with Crippen molar-refractivity contribution in [1.82, 2.24) is 0 Å². The molecule has 0 aliphatic heterocycles. The Balaban J connectivity index is 2.51. The lowest BCUT2D eigenvalue weighted by Gasteiger charge is -2.12. The molecule has 0 saturated carbocycles. The topological polar surface area (TPSA) is 35.5 Å². The summed E-state index contributed by atoms with van der Waals surface area (Å²) in [6, 6.07) is 5.56. The molecule has 0 aromatic heterocycles. The number of hydrogen-bond acceptors (Lipinski definition) is 3. The lowest BCUT2D eigenvalue weighted by Crippen LogP contribution is -2.04. The van der Waals surface area contributed by atoms with Gasteiger partial charge in [-0.05, 0) is 38.0 Å². The van der Waals surface area contributed by atoms with Gasteiger partial charge in [-0.3, -0.25) is 4.79 Å². The minimum atomic E-state index is 0.0185. The molecule has 0 heterocycles. The number of unbranched alkanes of at least 4 members (excludes halogenated alkanes) is 6. The zero-order valence-electron chi connectivity index (χ0n) is 15.0. The largest absolute Gasteiger partial charge is 0.494 e. The van der Waals surface area contributed by atoms with Gasteiger partial charge in [0.05, 0.1) is 18.8 Å². The molecule has 3 nitrogen and oxygen atoms in total. The highest BCUT2D eigenvalue weighted by molar-refractivity contribution is 5.97. The predicted octanol–water partition coefficient (Wildman–Crippen LogP) is 5.81. The van der Waals surface area contributed by atoms with E-state index in [-0.39, 0.29) is 5.78 Å².